The maximum Gasteiger partial charge on any atom is -0.0100 e. The van der Waals surface area contributed by atoms with E-state index in [1.165, 1.54) is 29.6 Å². The lowest BCUT2D eigenvalue weighted by Crippen LogP contribution is -2.17. The SMILES string of the molecule is C=C(C)C(CC)C(CC)C(/C=C\C)=C(C)C. The highest BCUT2D eigenvalue weighted by atomic mass is 14.3. The molecule has 0 nitrogen and oxygen atoms in total. The molecule has 0 saturated heterocycles. The van der Waals surface area contributed by atoms with Crippen LogP contribution in [0.3, 0.4) is 0 Å². The molecule has 16 heavy (non-hydrogen) atoms. The summed E-state index contributed by atoms with van der Waals surface area (Å²) in [5, 5.41) is 0. The van der Waals surface area contributed by atoms with Crippen LogP contribution in [0.25, 0.3) is 0 Å². The topological polar surface area (TPSA) is 0 Å². The average molecular weight is 220 g/mol. The molecule has 0 spiro atoms. The first-order valence-electron chi connectivity index (χ1n) is 6.44. The lowest BCUT2D eigenvalue weighted by Gasteiger charge is -2.28. The highest BCUT2D eigenvalue weighted by molar-refractivity contribution is 5.28. The van der Waals surface area contributed by atoms with E-state index >= 15 is 0 Å². The fourth-order valence-corrected chi connectivity index (χ4v) is 2.54. The van der Waals surface area contributed by atoms with Crippen LogP contribution >= 0.6 is 0 Å². The number of hydrogen-bond acceptors (Lipinski definition) is 0. The lowest BCUT2D eigenvalue weighted by atomic mass is 9.77. The maximum absolute atomic E-state index is 4.15. The van der Waals surface area contributed by atoms with Gasteiger partial charge in [-0.3, -0.25) is 0 Å². The van der Waals surface area contributed by atoms with Crippen LogP contribution < -0.4 is 0 Å². The zero-order valence-corrected chi connectivity index (χ0v) is 11.9. The van der Waals surface area contributed by atoms with Gasteiger partial charge in [-0.25, -0.2) is 0 Å². The van der Waals surface area contributed by atoms with Gasteiger partial charge in [-0.1, -0.05) is 43.7 Å². The molecule has 0 aromatic heterocycles. The van der Waals surface area contributed by atoms with E-state index in [0.717, 1.165) is 0 Å². The second-order valence-electron chi connectivity index (χ2n) is 4.83. The van der Waals surface area contributed by atoms with Gasteiger partial charge in [-0.2, -0.15) is 0 Å². The van der Waals surface area contributed by atoms with Crippen molar-refractivity contribution >= 4 is 0 Å². The minimum atomic E-state index is 0.617. The molecule has 0 heterocycles. The zero-order valence-electron chi connectivity index (χ0n) is 11.9. The summed E-state index contributed by atoms with van der Waals surface area (Å²) in [6, 6.07) is 0. The first kappa shape index (κ1) is 15.2. The van der Waals surface area contributed by atoms with E-state index in [-0.39, 0.29) is 0 Å². The van der Waals surface area contributed by atoms with E-state index in [2.05, 4.69) is 60.3 Å². The summed E-state index contributed by atoms with van der Waals surface area (Å²) in [5.74, 6) is 1.25. The Morgan fingerprint density at radius 3 is 1.81 bits per heavy atom. The van der Waals surface area contributed by atoms with Crippen LogP contribution in [0, 0.1) is 11.8 Å². The largest absolute Gasteiger partial charge is 0.0998 e. The summed E-state index contributed by atoms with van der Waals surface area (Å²) >= 11 is 0. The average Bonchev–Trinajstić information content (AvgIpc) is 2.22. The van der Waals surface area contributed by atoms with Crippen LogP contribution in [0.4, 0.5) is 0 Å². The minimum Gasteiger partial charge on any atom is -0.0998 e. The van der Waals surface area contributed by atoms with Gasteiger partial charge in [0.2, 0.25) is 0 Å². The fourth-order valence-electron chi connectivity index (χ4n) is 2.54. The molecule has 0 radical (unpaired) electrons. The van der Waals surface area contributed by atoms with Gasteiger partial charge in [0.1, 0.15) is 0 Å². The molecular weight excluding hydrogens is 192 g/mol. The molecule has 0 aromatic rings. The summed E-state index contributed by atoms with van der Waals surface area (Å²) in [6.45, 7) is 17.4. The quantitative estimate of drug-likeness (QED) is 0.408. The molecule has 0 aliphatic carbocycles. The normalized spacial score (nSPS) is 14.9. The predicted molar refractivity (Wildman–Crippen MR) is 75.6 cm³/mol. The fraction of sp³-hybridized carbons (Fsp3) is 0.625. The van der Waals surface area contributed by atoms with Crippen molar-refractivity contribution in [3.8, 4) is 0 Å². The van der Waals surface area contributed by atoms with E-state index in [1.807, 2.05) is 0 Å². The summed E-state index contributed by atoms with van der Waals surface area (Å²) in [5.41, 5.74) is 4.25. The van der Waals surface area contributed by atoms with Gasteiger partial charge < -0.3 is 0 Å². The lowest BCUT2D eigenvalue weighted by molar-refractivity contribution is 0.413. The Bertz CT molecular complexity index is 274. The molecule has 0 heteroatoms. The smallest absolute Gasteiger partial charge is 0.0100 e. The monoisotopic (exact) mass is 220 g/mol. The molecule has 0 amide bonds. The van der Waals surface area contributed by atoms with Crippen LogP contribution in [0.2, 0.25) is 0 Å². The number of rotatable bonds is 6. The number of allylic oxidation sites excluding steroid dienone is 5. The van der Waals surface area contributed by atoms with Crippen molar-refractivity contribution in [1.82, 2.24) is 0 Å². The van der Waals surface area contributed by atoms with Crippen molar-refractivity contribution in [2.75, 3.05) is 0 Å². The van der Waals surface area contributed by atoms with Gasteiger partial charge in [0.15, 0.2) is 0 Å². The van der Waals surface area contributed by atoms with Gasteiger partial charge in [-0.15, -0.1) is 0 Å². The van der Waals surface area contributed by atoms with Gasteiger partial charge in [-0.05, 0) is 57.9 Å². The van der Waals surface area contributed by atoms with Crippen LogP contribution in [0.1, 0.15) is 54.4 Å². The Labute approximate surface area is 102 Å². The molecule has 0 fully saturated rings. The van der Waals surface area contributed by atoms with E-state index in [9.17, 15) is 0 Å². The molecule has 0 bridgehead atoms. The third-order valence-corrected chi connectivity index (χ3v) is 3.32. The van der Waals surface area contributed by atoms with Crippen LogP contribution in [-0.4, -0.2) is 0 Å². The van der Waals surface area contributed by atoms with Crippen molar-refractivity contribution in [1.29, 1.82) is 0 Å². The summed E-state index contributed by atoms with van der Waals surface area (Å²) in [4.78, 5) is 0. The Hall–Kier alpha value is -0.780. The molecule has 92 valence electrons. The molecule has 0 aromatic carbocycles. The summed E-state index contributed by atoms with van der Waals surface area (Å²) in [7, 11) is 0. The van der Waals surface area contributed by atoms with Gasteiger partial charge in [0.05, 0.1) is 0 Å². The van der Waals surface area contributed by atoms with Crippen molar-refractivity contribution in [2.45, 2.75) is 54.4 Å². The molecule has 0 N–H and O–H groups in total. The first-order chi connectivity index (χ1) is 7.49. The van der Waals surface area contributed by atoms with E-state index in [1.54, 1.807) is 0 Å². The van der Waals surface area contributed by atoms with Crippen LogP contribution in [0.15, 0.2) is 35.5 Å². The predicted octanol–water partition coefficient (Wildman–Crippen LogP) is 5.53. The van der Waals surface area contributed by atoms with Gasteiger partial charge in [0.25, 0.3) is 0 Å². The molecule has 2 atom stereocenters. The second-order valence-corrected chi connectivity index (χ2v) is 4.83. The first-order valence-corrected chi connectivity index (χ1v) is 6.44. The van der Waals surface area contributed by atoms with Crippen molar-refractivity contribution in [3.63, 3.8) is 0 Å². The van der Waals surface area contributed by atoms with Gasteiger partial charge in [0, 0.05) is 0 Å². The standard InChI is InChI=1S/C16H28/c1-8-11-16(13(6)7)15(10-3)14(9-2)12(4)5/h8,11,14-15H,4,9-10H2,1-3,5-7H3/b11-8-. The molecule has 2 unspecified atom stereocenters. The van der Waals surface area contributed by atoms with Crippen molar-refractivity contribution in [2.24, 2.45) is 11.8 Å². The maximum atomic E-state index is 4.15. The van der Waals surface area contributed by atoms with E-state index in [4.69, 9.17) is 0 Å². The molecule has 0 rings (SSSR count). The minimum absolute atomic E-state index is 0.617. The molecule has 0 saturated carbocycles. The third kappa shape index (κ3) is 4.00. The highest BCUT2D eigenvalue weighted by Crippen LogP contribution is 2.33. The third-order valence-electron chi connectivity index (χ3n) is 3.32. The van der Waals surface area contributed by atoms with E-state index < -0.39 is 0 Å². The number of hydrogen-bond donors (Lipinski definition) is 0. The van der Waals surface area contributed by atoms with Gasteiger partial charge >= 0.3 is 0 Å². The summed E-state index contributed by atoms with van der Waals surface area (Å²) in [6.07, 6.45) is 6.80. The summed E-state index contributed by atoms with van der Waals surface area (Å²) < 4.78 is 0. The molecule has 0 aliphatic heterocycles. The van der Waals surface area contributed by atoms with E-state index in [0.29, 0.717) is 11.8 Å². The van der Waals surface area contributed by atoms with Crippen LogP contribution in [-0.2, 0) is 0 Å². The Kier molecular flexibility index (Phi) is 7.12. The molecular formula is C16H28. The second kappa shape index (κ2) is 7.49. The van der Waals surface area contributed by atoms with Crippen molar-refractivity contribution < 1.29 is 0 Å². The zero-order chi connectivity index (χ0) is 12.7. The Morgan fingerprint density at radius 1 is 1.06 bits per heavy atom. The Balaban J connectivity index is 5.23. The van der Waals surface area contributed by atoms with Crippen LogP contribution in [0.5, 0.6) is 0 Å². The van der Waals surface area contributed by atoms with Crippen molar-refractivity contribution in [3.05, 3.63) is 35.5 Å². The highest BCUT2D eigenvalue weighted by Gasteiger charge is 2.21. The molecule has 0 aliphatic rings. The Morgan fingerprint density at radius 2 is 1.56 bits per heavy atom.